The zero-order valence-electron chi connectivity index (χ0n) is 6.20. The van der Waals surface area contributed by atoms with Gasteiger partial charge in [-0.1, -0.05) is 13.2 Å². The molecular formula is C8H8O4. The van der Waals surface area contributed by atoms with Gasteiger partial charge in [0, 0.05) is 10.4 Å². The number of hydrogen-bond donors (Lipinski definition) is 4. The second-order valence-corrected chi connectivity index (χ2v) is 2.35. The van der Waals surface area contributed by atoms with Crippen molar-refractivity contribution in [1.29, 1.82) is 0 Å². The maximum Gasteiger partial charge on any atom is 0.204 e. The normalized spacial score (nSPS) is 10.0. The largest absolute Gasteiger partial charge is 0.504 e. The summed E-state index contributed by atoms with van der Waals surface area (Å²) in [5, 5.41) is 36.0. The first-order valence-corrected chi connectivity index (χ1v) is 3.10. The Hall–Kier alpha value is -1.84. The van der Waals surface area contributed by atoms with Crippen LogP contribution < -0.4 is 10.4 Å². The van der Waals surface area contributed by atoms with Crippen molar-refractivity contribution in [2.24, 2.45) is 0 Å². The maximum absolute atomic E-state index is 9.07. The Morgan fingerprint density at radius 2 is 0.833 bits per heavy atom. The molecule has 64 valence electrons. The third-order valence-corrected chi connectivity index (χ3v) is 1.61. The Balaban J connectivity index is 3.86. The van der Waals surface area contributed by atoms with E-state index in [4.69, 9.17) is 20.4 Å². The molecule has 0 heterocycles. The molecule has 0 fully saturated rings. The standard InChI is InChI=1S/C8H8O4/c1-3-4(2)6(10)8(12)7(11)5(3)9/h9-12H,1-2H2. The van der Waals surface area contributed by atoms with Gasteiger partial charge in [0.15, 0.2) is 11.5 Å². The Kier molecular flexibility index (Phi) is 1.61. The number of hydrogen-bond acceptors (Lipinski definition) is 4. The maximum atomic E-state index is 9.07. The highest BCUT2D eigenvalue weighted by molar-refractivity contribution is 5.58. The number of rotatable bonds is 0. The highest BCUT2D eigenvalue weighted by Gasteiger charge is 2.12. The van der Waals surface area contributed by atoms with Crippen LogP contribution in [-0.4, -0.2) is 20.4 Å². The van der Waals surface area contributed by atoms with Gasteiger partial charge in [-0.2, -0.15) is 0 Å². The van der Waals surface area contributed by atoms with Gasteiger partial charge in [0.25, 0.3) is 0 Å². The zero-order valence-corrected chi connectivity index (χ0v) is 6.20. The van der Waals surface area contributed by atoms with Crippen LogP contribution in [0.25, 0.3) is 13.2 Å². The van der Waals surface area contributed by atoms with E-state index in [1.165, 1.54) is 0 Å². The summed E-state index contributed by atoms with van der Waals surface area (Å²) < 4.78 is 0. The molecule has 0 aliphatic heterocycles. The summed E-state index contributed by atoms with van der Waals surface area (Å²) in [6, 6.07) is 0. The molecule has 12 heavy (non-hydrogen) atoms. The first-order chi connectivity index (χ1) is 5.46. The van der Waals surface area contributed by atoms with Crippen LogP contribution >= 0.6 is 0 Å². The Morgan fingerprint density at radius 3 is 1.08 bits per heavy atom. The summed E-state index contributed by atoms with van der Waals surface area (Å²) >= 11 is 0. The summed E-state index contributed by atoms with van der Waals surface area (Å²) in [7, 11) is 0. The van der Waals surface area contributed by atoms with E-state index >= 15 is 0 Å². The Bertz CT molecular complexity index is 381. The molecule has 1 rings (SSSR count). The van der Waals surface area contributed by atoms with E-state index in [0.717, 1.165) is 0 Å². The van der Waals surface area contributed by atoms with E-state index in [-0.39, 0.29) is 10.4 Å². The lowest BCUT2D eigenvalue weighted by atomic mass is 10.2. The molecule has 0 aromatic heterocycles. The van der Waals surface area contributed by atoms with Gasteiger partial charge in [0.2, 0.25) is 11.5 Å². The van der Waals surface area contributed by atoms with Gasteiger partial charge in [0.05, 0.1) is 0 Å². The molecular weight excluding hydrogens is 160 g/mol. The number of phenolic OH excluding ortho intramolecular Hbond substituents is 4. The predicted molar refractivity (Wildman–Crippen MR) is 43.4 cm³/mol. The van der Waals surface area contributed by atoms with Crippen molar-refractivity contribution in [3.8, 4) is 23.0 Å². The van der Waals surface area contributed by atoms with Crippen LogP contribution in [-0.2, 0) is 0 Å². The van der Waals surface area contributed by atoms with Crippen molar-refractivity contribution in [1.82, 2.24) is 0 Å². The highest BCUT2D eigenvalue weighted by atomic mass is 16.3. The van der Waals surface area contributed by atoms with Crippen LogP contribution in [0, 0.1) is 0 Å². The minimum absolute atomic E-state index is 0.0113. The van der Waals surface area contributed by atoms with Crippen LogP contribution in [0.1, 0.15) is 0 Å². The second-order valence-electron chi connectivity index (χ2n) is 2.35. The number of aromatic hydroxyl groups is 4. The lowest BCUT2D eigenvalue weighted by molar-refractivity contribution is 0.342. The van der Waals surface area contributed by atoms with Crippen molar-refractivity contribution in [2.45, 2.75) is 0 Å². The molecule has 0 aliphatic rings. The topological polar surface area (TPSA) is 80.9 Å². The Labute approximate surface area is 68.0 Å². The van der Waals surface area contributed by atoms with Crippen molar-refractivity contribution in [3.05, 3.63) is 10.4 Å². The van der Waals surface area contributed by atoms with E-state index in [2.05, 4.69) is 13.2 Å². The number of benzene rings is 1. The molecule has 4 N–H and O–H groups in total. The summed E-state index contributed by atoms with van der Waals surface area (Å²) in [5.41, 5.74) is 0. The Morgan fingerprint density at radius 1 is 0.583 bits per heavy atom. The van der Waals surface area contributed by atoms with Gasteiger partial charge in [-0.15, -0.1) is 0 Å². The van der Waals surface area contributed by atoms with E-state index < -0.39 is 23.0 Å². The monoisotopic (exact) mass is 168 g/mol. The molecule has 0 radical (unpaired) electrons. The van der Waals surface area contributed by atoms with Crippen LogP contribution in [0.2, 0.25) is 0 Å². The van der Waals surface area contributed by atoms with Gasteiger partial charge in [-0.05, 0) is 0 Å². The molecule has 0 atom stereocenters. The van der Waals surface area contributed by atoms with E-state index in [1.807, 2.05) is 0 Å². The molecule has 0 saturated heterocycles. The molecule has 0 spiro atoms. The van der Waals surface area contributed by atoms with Gasteiger partial charge >= 0.3 is 0 Å². The molecule has 0 aliphatic carbocycles. The van der Waals surface area contributed by atoms with E-state index in [0.29, 0.717) is 0 Å². The molecule has 0 bridgehead atoms. The summed E-state index contributed by atoms with van der Waals surface area (Å²) in [4.78, 5) is 0. The summed E-state index contributed by atoms with van der Waals surface area (Å²) in [5.74, 6) is -2.72. The van der Waals surface area contributed by atoms with Crippen LogP contribution in [0.5, 0.6) is 23.0 Å². The number of phenols is 4. The fourth-order valence-electron chi connectivity index (χ4n) is 0.796. The molecule has 1 aromatic rings. The minimum Gasteiger partial charge on any atom is -0.504 e. The van der Waals surface area contributed by atoms with Crippen molar-refractivity contribution in [3.63, 3.8) is 0 Å². The molecule has 1 aromatic carbocycles. The third kappa shape index (κ3) is 0.852. The van der Waals surface area contributed by atoms with Crippen molar-refractivity contribution in [2.75, 3.05) is 0 Å². The van der Waals surface area contributed by atoms with Gasteiger partial charge < -0.3 is 20.4 Å². The first kappa shape index (κ1) is 8.26. The van der Waals surface area contributed by atoms with Crippen LogP contribution in [0.15, 0.2) is 0 Å². The second kappa shape index (κ2) is 2.34. The molecule has 0 saturated carbocycles. The summed E-state index contributed by atoms with van der Waals surface area (Å²) in [6.45, 7) is 6.68. The predicted octanol–water partition coefficient (Wildman–Crippen LogP) is -0.670. The summed E-state index contributed by atoms with van der Waals surface area (Å²) in [6.07, 6.45) is 0. The molecule has 4 heteroatoms. The van der Waals surface area contributed by atoms with E-state index in [9.17, 15) is 0 Å². The lowest BCUT2D eigenvalue weighted by Crippen LogP contribution is -2.21. The average Bonchev–Trinajstić information content (AvgIpc) is 2.08. The van der Waals surface area contributed by atoms with Crippen LogP contribution in [0.4, 0.5) is 0 Å². The molecule has 4 nitrogen and oxygen atoms in total. The van der Waals surface area contributed by atoms with Crippen LogP contribution in [0.3, 0.4) is 0 Å². The fourth-order valence-corrected chi connectivity index (χ4v) is 0.796. The minimum atomic E-state index is -0.787. The highest BCUT2D eigenvalue weighted by Crippen LogP contribution is 2.35. The van der Waals surface area contributed by atoms with Gasteiger partial charge in [-0.3, -0.25) is 0 Å². The first-order valence-electron chi connectivity index (χ1n) is 3.10. The van der Waals surface area contributed by atoms with Crippen molar-refractivity contribution >= 4 is 13.2 Å². The fraction of sp³-hybridized carbons (Fsp3) is 0. The SMILES string of the molecule is C=c1c(O)c(O)c(O)c(O)c1=C. The molecule has 0 unspecified atom stereocenters. The lowest BCUT2D eigenvalue weighted by Gasteiger charge is -2.03. The third-order valence-electron chi connectivity index (χ3n) is 1.61. The average molecular weight is 168 g/mol. The van der Waals surface area contributed by atoms with Gasteiger partial charge in [-0.25, -0.2) is 0 Å². The molecule has 0 amide bonds. The van der Waals surface area contributed by atoms with Crippen molar-refractivity contribution < 1.29 is 20.4 Å². The van der Waals surface area contributed by atoms with Gasteiger partial charge in [0.1, 0.15) is 0 Å². The zero-order chi connectivity index (χ0) is 9.46. The smallest absolute Gasteiger partial charge is 0.204 e. The quantitative estimate of drug-likeness (QED) is 0.306. The van der Waals surface area contributed by atoms with E-state index in [1.54, 1.807) is 0 Å².